The van der Waals surface area contributed by atoms with Gasteiger partial charge in [0.1, 0.15) is 11.3 Å². The molecule has 1 aliphatic rings. The van der Waals surface area contributed by atoms with Crippen LogP contribution in [0.25, 0.3) is 11.0 Å². The maximum absolute atomic E-state index is 12.9. The molecule has 3 rings (SSSR count). The Balaban J connectivity index is 1.70. The second kappa shape index (κ2) is 8.50. The lowest BCUT2D eigenvalue weighted by Crippen LogP contribution is -2.51. The molecule has 1 aliphatic heterocycles. The number of hydrogen-bond donors (Lipinski definition) is 1. The largest absolute Gasteiger partial charge is 0.481 e. The zero-order valence-corrected chi connectivity index (χ0v) is 18.3. The van der Waals surface area contributed by atoms with E-state index in [1.54, 1.807) is 37.9 Å². The summed E-state index contributed by atoms with van der Waals surface area (Å²) in [5.41, 5.74) is 1.13. The third kappa shape index (κ3) is 3.93. The van der Waals surface area contributed by atoms with E-state index in [1.165, 1.54) is 0 Å². The van der Waals surface area contributed by atoms with Gasteiger partial charge in [-0.1, -0.05) is 6.92 Å². The summed E-state index contributed by atoms with van der Waals surface area (Å²) in [6.45, 7) is 8.40. The maximum Gasteiger partial charge on any atom is 0.339 e. The average molecular weight is 415 g/mol. The molecule has 2 heterocycles. The average Bonchev–Trinajstić information content (AvgIpc) is 2.76. The van der Waals surface area contributed by atoms with Gasteiger partial charge in [-0.15, -0.1) is 0 Å². The summed E-state index contributed by atoms with van der Waals surface area (Å²) in [7, 11) is 1.65. The van der Waals surface area contributed by atoms with Gasteiger partial charge in [-0.2, -0.15) is 0 Å². The molecule has 1 N–H and O–H groups in total. The lowest BCUT2D eigenvalue weighted by Gasteiger charge is -2.40. The van der Waals surface area contributed by atoms with Gasteiger partial charge in [-0.25, -0.2) is 4.79 Å². The zero-order chi connectivity index (χ0) is 22.1. The number of nitrogens with zero attached hydrogens (tertiary/aromatic N) is 1. The zero-order valence-electron chi connectivity index (χ0n) is 18.3. The number of ether oxygens (including phenoxy) is 1. The van der Waals surface area contributed by atoms with Crippen molar-refractivity contribution in [2.24, 2.45) is 5.41 Å². The first-order valence-electron chi connectivity index (χ1n) is 10.4. The van der Waals surface area contributed by atoms with Crippen LogP contribution >= 0.6 is 0 Å². The highest BCUT2D eigenvalue weighted by molar-refractivity contribution is 5.85. The molecule has 1 saturated heterocycles. The Morgan fingerprint density at radius 2 is 1.90 bits per heavy atom. The molecule has 0 saturated carbocycles. The van der Waals surface area contributed by atoms with Crippen LogP contribution in [0.5, 0.6) is 5.75 Å². The van der Waals surface area contributed by atoms with E-state index in [2.05, 4.69) is 5.32 Å². The number of rotatable bonds is 5. The maximum atomic E-state index is 12.9. The molecule has 0 spiro atoms. The van der Waals surface area contributed by atoms with E-state index in [9.17, 15) is 14.4 Å². The summed E-state index contributed by atoms with van der Waals surface area (Å²) in [6, 6.07) is 5.27. The van der Waals surface area contributed by atoms with Crippen LogP contribution in [-0.2, 0) is 9.59 Å². The van der Waals surface area contributed by atoms with Crippen molar-refractivity contribution in [2.75, 3.05) is 20.1 Å². The first kappa shape index (κ1) is 21.9. The molecule has 1 aromatic carbocycles. The van der Waals surface area contributed by atoms with E-state index in [0.29, 0.717) is 42.8 Å². The summed E-state index contributed by atoms with van der Waals surface area (Å²) in [4.78, 5) is 38.9. The van der Waals surface area contributed by atoms with E-state index in [1.807, 2.05) is 19.9 Å². The summed E-state index contributed by atoms with van der Waals surface area (Å²) < 4.78 is 11.2. The van der Waals surface area contributed by atoms with Crippen molar-refractivity contribution in [3.8, 4) is 5.75 Å². The van der Waals surface area contributed by atoms with Crippen molar-refractivity contribution in [1.82, 2.24) is 10.2 Å². The van der Waals surface area contributed by atoms with Crippen LogP contribution in [0, 0.1) is 19.3 Å². The van der Waals surface area contributed by atoms with E-state index < -0.39 is 11.5 Å². The number of amides is 2. The van der Waals surface area contributed by atoms with Crippen LogP contribution in [0.4, 0.5) is 0 Å². The minimum Gasteiger partial charge on any atom is -0.481 e. The molecule has 0 radical (unpaired) electrons. The fraction of sp³-hybridized carbons (Fsp3) is 0.522. The summed E-state index contributed by atoms with van der Waals surface area (Å²) >= 11 is 0. The number of benzene rings is 1. The van der Waals surface area contributed by atoms with Gasteiger partial charge in [-0.05, 0) is 57.7 Å². The molecular formula is C23H30N2O5. The van der Waals surface area contributed by atoms with Gasteiger partial charge < -0.3 is 19.4 Å². The van der Waals surface area contributed by atoms with E-state index >= 15 is 0 Å². The van der Waals surface area contributed by atoms with E-state index in [-0.39, 0.29) is 17.4 Å². The molecular weight excluding hydrogens is 384 g/mol. The Hall–Kier alpha value is -2.83. The van der Waals surface area contributed by atoms with Crippen molar-refractivity contribution in [1.29, 1.82) is 0 Å². The van der Waals surface area contributed by atoms with Crippen molar-refractivity contribution in [3.63, 3.8) is 0 Å². The predicted octanol–water partition coefficient (Wildman–Crippen LogP) is 2.94. The second-order valence-electron chi connectivity index (χ2n) is 8.10. The molecule has 2 aromatic rings. The Morgan fingerprint density at radius 1 is 1.23 bits per heavy atom. The van der Waals surface area contributed by atoms with Crippen LogP contribution < -0.4 is 15.7 Å². The van der Waals surface area contributed by atoms with Crippen LogP contribution in [0.1, 0.15) is 44.2 Å². The summed E-state index contributed by atoms with van der Waals surface area (Å²) in [5.74, 6) is 0.405. The minimum atomic E-state index is -0.685. The topological polar surface area (TPSA) is 88.9 Å². The molecule has 162 valence electrons. The van der Waals surface area contributed by atoms with Gasteiger partial charge in [0, 0.05) is 37.2 Å². The number of fused-ring (bicyclic) bond motifs is 1. The fourth-order valence-electron chi connectivity index (χ4n) is 4.17. The highest BCUT2D eigenvalue weighted by Gasteiger charge is 2.40. The number of nitrogens with one attached hydrogen (secondary N) is 1. The van der Waals surface area contributed by atoms with Crippen molar-refractivity contribution < 1.29 is 18.7 Å². The van der Waals surface area contributed by atoms with Gasteiger partial charge in [0.2, 0.25) is 5.91 Å². The first-order valence-corrected chi connectivity index (χ1v) is 10.4. The number of likely N-dealkylation sites (tertiary alicyclic amines) is 1. The van der Waals surface area contributed by atoms with Gasteiger partial charge in [0.25, 0.3) is 5.91 Å². The molecule has 7 heteroatoms. The first-order chi connectivity index (χ1) is 14.2. The molecule has 1 atom stereocenters. The fourth-order valence-corrected chi connectivity index (χ4v) is 4.17. The Kier molecular flexibility index (Phi) is 6.19. The van der Waals surface area contributed by atoms with Crippen LogP contribution in [0.2, 0.25) is 0 Å². The molecule has 7 nitrogen and oxygen atoms in total. The standard InChI is InChI=1S/C23H30N2O5/c1-6-23(22(28)24-5)9-11-25(12-10-23)20(26)16(4)29-17-7-8-18-14(2)15(3)21(27)30-19(18)13-17/h7-8,13,16H,6,9-12H2,1-5H3,(H,24,28). The Labute approximate surface area is 176 Å². The number of hydrogen-bond acceptors (Lipinski definition) is 5. The Bertz CT molecular complexity index is 1020. The monoisotopic (exact) mass is 414 g/mol. The lowest BCUT2D eigenvalue weighted by atomic mass is 9.75. The van der Waals surface area contributed by atoms with E-state index in [4.69, 9.17) is 9.15 Å². The molecule has 0 aliphatic carbocycles. The number of carbonyl (C=O) groups is 2. The van der Waals surface area contributed by atoms with Gasteiger partial charge in [-0.3, -0.25) is 9.59 Å². The second-order valence-corrected chi connectivity index (χ2v) is 8.10. The smallest absolute Gasteiger partial charge is 0.339 e. The summed E-state index contributed by atoms with van der Waals surface area (Å²) in [6.07, 6.45) is 1.35. The van der Waals surface area contributed by atoms with Gasteiger partial charge in [0.15, 0.2) is 6.10 Å². The quantitative estimate of drug-likeness (QED) is 0.760. The number of carbonyl (C=O) groups excluding carboxylic acids is 2. The molecule has 1 fully saturated rings. The van der Waals surface area contributed by atoms with Crippen molar-refractivity contribution >= 4 is 22.8 Å². The molecule has 1 aromatic heterocycles. The lowest BCUT2D eigenvalue weighted by molar-refractivity contribution is -0.144. The SMILES string of the molecule is CCC1(C(=O)NC)CCN(C(=O)C(C)Oc2ccc3c(C)c(C)c(=O)oc3c2)CC1. The Morgan fingerprint density at radius 3 is 2.50 bits per heavy atom. The number of aryl methyl sites for hydroxylation is 1. The highest BCUT2D eigenvalue weighted by atomic mass is 16.5. The molecule has 30 heavy (non-hydrogen) atoms. The molecule has 0 bridgehead atoms. The minimum absolute atomic E-state index is 0.0459. The van der Waals surface area contributed by atoms with Crippen LogP contribution in [0.3, 0.4) is 0 Å². The van der Waals surface area contributed by atoms with E-state index in [0.717, 1.165) is 17.4 Å². The third-order valence-corrected chi connectivity index (χ3v) is 6.51. The molecule has 2 amide bonds. The highest BCUT2D eigenvalue weighted by Crippen LogP contribution is 2.35. The van der Waals surface area contributed by atoms with Gasteiger partial charge >= 0.3 is 5.63 Å². The predicted molar refractivity (Wildman–Crippen MR) is 115 cm³/mol. The van der Waals surface area contributed by atoms with Crippen LogP contribution in [0.15, 0.2) is 27.4 Å². The molecule has 1 unspecified atom stereocenters. The van der Waals surface area contributed by atoms with Gasteiger partial charge in [0.05, 0.1) is 5.41 Å². The van der Waals surface area contributed by atoms with Crippen molar-refractivity contribution in [3.05, 3.63) is 39.7 Å². The number of piperidine rings is 1. The summed E-state index contributed by atoms with van der Waals surface area (Å²) in [5, 5.41) is 3.60. The van der Waals surface area contributed by atoms with Crippen molar-refractivity contribution in [2.45, 2.75) is 53.1 Å². The normalized spacial score (nSPS) is 16.9. The van der Waals surface area contributed by atoms with Crippen LogP contribution in [-0.4, -0.2) is 43.0 Å². The third-order valence-electron chi connectivity index (χ3n) is 6.51.